The van der Waals surface area contributed by atoms with Crippen LogP contribution in [0.1, 0.15) is 11.3 Å². The molecular weight excluding hydrogens is 312 g/mol. The first-order valence-electron chi connectivity index (χ1n) is 8.30. The second kappa shape index (κ2) is 5.43. The number of fused-ring (bicyclic) bond motifs is 2. The van der Waals surface area contributed by atoms with Crippen molar-refractivity contribution in [3.8, 4) is 22.4 Å². The Morgan fingerprint density at radius 1 is 0.880 bits per heavy atom. The quantitative estimate of drug-likeness (QED) is 0.595. The lowest BCUT2D eigenvalue weighted by molar-refractivity contribution is 0.756. The number of aromatic amines is 1. The first-order chi connectivity index (χ1) is 12.3. The van der Waals surface area contributed by atoms with Gasteiger partial charge in [0.15, 0.2) is 5.65 Å². The molecule has 0 aliphatic carbocycles. The first kappa shape index (κ1) is 14.2. The van der Waals surface area contributed by atoms with E-state index >= 15 is 0 Å². The number of H-pyrrole nitrogens is 1. The fourth-order valence-electron chi connectivity index (χ4n) is 3.38. The summed E-state index contributed by atoms with van der Waals surface area (Å²) >= 11 is 0. The number of nitrogens with one attached hydrogen (secondary N) is 2. The van der Waals surface area contributed by atoms with Crippen molar-refractivity contribution in [1.29, 1.82) is 0 Å². The minimum absolute atomic E-state index is 0.0181. The van der Waals surface area contributed by atoms with E-state index in [-0.39, 0.29) is 5.56 Å². The molecule has 25 heavy (non-hydrogen) atoms. The van der Waals surface area contributed by atoms with E-state index in [1.54, 1.807) is 0 Å². The first-order valence-corrected chi connectivity index (χ1v) is 8.30. The van der Waals surface area contributed by atoms with Gasteiger partial charge in [-0.25, -0.2) is 9.50 Å². The molecule has 0 saturated heterocycles. The average molecular weight is 328 g/mol. The zero-order valence-electron chi connectivity index (χ0n) is 13.5. The Bertz CT molecular complexity index is 1140. The molecule has 3 heterocycles. The summed E-state index contributed by atoms with van der Waals surface area (Å²) in [6, 6.07) is 20.5. The van der Waals surface area contributed by atoms with Gasteiger partial charge in [0.25, 0.3) is 5.56 Å². The molecule has 2 aromatic carbocycles. The summed E-state index contributed by atoms with van der Waals surface area (Å²) in [5.41, 5.74) is 6.48. The van der Waals surface area contributed by atoms with Crippen LogP contribution in [-0.2, 0) is 13.1 Å². The summed E-state index contributed by atoms with van der Waals surface area (Å²) in [6.07, 6.45) is 0. The predicted molar refractivity (Wildman–Crippen MR) is 97.2 cm³/mol. The molecule has 0 radical (unpaired) electrons. The van der Waals surface area contributed by atoms with Crippen molar-refractivity contribution in [1.82, 2.24) is 19.9 Å². The van der Waals surface area contributed by atoms with Crippen molar-refractivity contribution >= 4 is 5.65 Å². The van der Waals surface area contributed by atoms with Crippen molar-refractivity contribution in [2.24, 2.45) is 0 Å². The second-order valence-corrected chi connectivity index (χ2v) is 6.26. The van der Waals surface area contributed by atoms with Gasteiger partial charge < -0.3 is 5.32 Å². The fourth-order valence-corrected chi connectivity index (χ4v) is 3.38. The van der Waals surface area contributed by atoms with Gasteiger partial charge in [-0.05, 0) is 17.2 Å². The number of rotatable bonds is 2. The van der Waals surface area contributed by atoms with E-state index in [1.165, 1.54) is 10.1 Å². The van der Waals surface area contributed by atoms with E-state index in [2.05, 4.69) is 39.7 Å². The Kier molecular flexibility index (Phi) is 3.08. The number of hydrogen-bond donors (Lipinski definition) is 2. The third-order valence-electron chi connectivity index (χ3n) is 4.67. The van der Waals surface area contributed by atoms with E-state index in [4.69, 9.17) is 0 Å². The zero-order valence-corrected chi connectivity index (χ0v) is 13.5. The lowest BCUT2D eigenvalue weighted by atomic mass is 10.0. The number of hydrogen-bond acceptors (Lipinski definition) is 3. The molecule has 4 aromatic rings. The molecule has 0 fully saturated rings. The lowest BCUT2D eigenvalue weighted by Crippen LogP contribution is -2.20. The van der Waals surface area contributed by atoms with Gasteiger partial charge in [-0.3, -0.25) is 9.89 Å². The summed E-state index contributed by atoms with van der Waals surface area (Å²) in [7, 11) is 0. The van der Waals surface area contributed by atoms with Crippen LogP contribution in [0.5, 0.6) is 0 Å². The lowest BCUT2D eigenvalue weighted by Gasteiger charge is -2.04. The van der Waals surface area contributed by atoms with Crippen LogP contribution in [0.15, 0.2) is 65.5 Å². The smallest absolute Gasteiger partial charge is 0.277 e. The van der Waals surface area contributed by atoms with Gasteiger partial charge in [0.2, 0.25) is 0 Å². The van der Waals surface area contributed by atoms with E-state index < -0.39 is 0 Å². The Morgan fingerprint density at radius 3 is 2.56 bits per heavy atom. The van der Waals surface area contributed by atoms with Gasteiger partial charge in [-0.15, -0.1) is 0 Å². The SMILES string of the molecule is O=c1c2c(nc3cc(-c4cccc(-c5ccccc5)c4)[nH]n13)CNC2. The highest BCUT2D eigenvalue weighted by molar-refractivity contribution is 5.72. The maximum Gasteiger partial charge on any atom is 0.277 e. The highest BCUT2D eigenvalue weighted by Crippen LogP contribution is 2.26. The molecule has 5 rings (SSSR count). The van der Waals surface area contributed by atoms with Crippen LogP contribution in [0.4, 0.5) is 0 Å². The van der Waals surface area contributed by atoms with Crippen molar-refractivity contribution < 1.29 is 0 Å². The number of nitrogens with zero attached hydrogens (tertiary/aromatic N) is 2. The standard InChI is InChI=1S/C20H16N4O/c25-20-16-11-21-12-18(16)22-19-10-17(23-24(19)20)15-8-4-7-14(9-15)13-5-2-1-3-6-13/h1-10,21,23H,11-12H2. The molecule has 5 nitrogen and oxygen atoms in total. The third kappa shape index (κ3) is 2.28. The number of aromatic nitrogens is 3. The van der Waals surface area contributed by atoms with Crippen LogP contribution in [-0.4, -0.2) is 14.6 Å². The highest BCUT2D eigenvalue weighted by atomic mass is 16.1. The van der Waals surface area contributed by atoms with Crippen LogP contribution in [0.3, 0.4) is 0 Å². The van der Waals surface area contributed by atoms with Crippen LogP contribution in [0.2, 0.25) is 0 Å². The summed E-state index contributed by atoms with van der Waals surface area (Å²) in [4.78, 5) is 17.2. The Balaban J connectivity index is 1.65. The van der Waals surface area contributed by atoms with Crippen molar-refractivity contribution in [3.63, 3.8) is 0 Å². The van der Waals surface area contributed by atoms with Crippen LogP contribution in [0, 0.1) is 0 Å². The fraction of sp³-hybridized carbons (Fsp3) is 0.100. The molecule has 0 atom stereocenters. The van der Waals surface area contributed by atoms with E-state index in [0.717, 1.165) is 28.1 Å². The van der Waals surface area contributed by atoms with E-state index in [0.29, 0.717) is 18.7 Å². The molecule has 2 N–H and O–H groups in total. The molecule has 1 aliphatic heterocycles. The Hall–Kier alpha value is -3.18. The topological polar surface area (TPSA) is 62.2 Å². The molecule has 5 heteroatoms. The second-order valence-electron chi connectivity index (χ2n) is 6.26. The van der Waals surface area contributed by atoms with Gasteiger partial charge in [-0.2, -0.15) is 0 Å². The van der Waals surface area contributed by atoms with Gasteiger partial charge in [0.1, 0.15) is 0 Å². The van der Waals surface area contributed by atoms with Crippen molar-refractivity contribution in [2.45, 2.75) is 13.1 Å². The molecule has 0 spiro atoms. The maximum atomic E-state index is 12.6. The largest absolute Gasteiger partial charge is 0.307 e. The Labute approximate surface area is 144 Å². The predicted octanol–water partition coefficient (Wildman–Crippen LogP) is 2.96. The Morgan fingerprint density at radius 2 is 1.68 bits per heavy atom. The summed E-state index contributed by atoms with van der Waals surface area (Å²) in [6.45, 7) is 1.24. The zero-order chi connectivity index (χ0) is 16.8. The normalized spacial score (nSPS) is 13.3. The summed E-state index contributed by atoms with van der Waals surface area (Å²) in [5.74, 6) is 0. The van der Waals surface area contributed by atoms with Gasteiger partial charge >= 0.3 is 0 Å². The molecule has 2 aromatic heterocycles. The van der Waals surface area contributed by atoms with Crippen LogP contribution < -0.4 is 10.9 Å². The van der Waals surface area contributed by atoms with E-state index in [9.17, 15) is 4.79 Å². The maximum absolute atomic E-state index is 12.6. The molecule has 0 bridgehead atoms. The molecule has 1 aliphatic rings. The highest BCUT2D eigenvalue weighted by Gasteiger charge is 2.19. The molecule has 0 amide bonds. The summed E-state index contributed by atoms with van der Waals surface area (Å²) in [5, 5.41) is 6.38. The molecule has 0 unspecified atom stereocenters. The van der Waals surface area contributed by atoms with E-state index in [1.807, 2.05) is 36.4 Å². The van der Waals surface area contributed by atoms with Crippen molar-refractivity contribution in [3.05, 3.63) is 82.3 Å². The van der Waals surface area contributed by atoms with Crippen LogP contribution >= 0.6 is 0 Å². The van der Waals surface area contributed by atoms with Gasteiger partial charge in [0, 0.05) is 24.7 Å². The number of benzene rings is 2. The van der Waals surface area contributed by atoms with Crippen molar-refractivity contribution in [2.75, 3.05) is 0 Å². The molecule has 122 valence electrons. The average Bonchev–Trinajstić information content (AvgIpc) is 3.30. The van der Waals surface area contributed by atoms with Gasteiger partial charge in [0.05, 0.1) is 17.0 Å². The third-order valence-corrected chi connectivity index (χ3v) is 4.67. The minimum Gasteiger partial charge on any atom is -0.307 e. The van der Waals surface area contributed by atoms with Gasteiger partial charge in [-0.1, -0.05) is 48.5 Å². The monoisotopic (exact) mass is 328 g/mol. The molecular formula is C20H16N4O. The minimum atomic E-state index is -0.0181. The summed E-state index contributed by atoms with van der Waals surface area (Å²) < 4.78 is 1.54. The molecule has 0 saturated carbocycles. The van der Waals surface area contributed by atoms with Crippen LogP contribution in [0.25, 0.3) is 28.0 Å².